The molecule has 1 aliphatic carbocycles. The first-order chi connectivity index (χ1) is 8.20. The molecule has 17 heavy (non-hydrogen) atoms. The fraction of sp³-hybridized carbons (Fsp3) is 0.867. The lowest BCUT2D eigenvalue weighted by Crippen LogP contribution is -2.34. The SMILES string of the molecule is C#CC1CCC([C@@H]2OC[C@H](C(C)C)CS2)CC1. The van der Waals surface area contributed by atoms with Crippen molar-refractivity contribution in [1.82, 2.24) is 0 Å². The van der Waals surface area contributed by atoms with E-state index in [0.717, 1.165) is 24.4 Å². The van der Waals surface area contributed by atoms with Gasteiger partial charge < -0.3 is 4.74 Å². The maximum Gasteiger partial charge on any atom is 0.106 e. The Morgan fingerprint density at radius 1 is 1.24 bits per heavy atom. The van der Waals surface area contributed by atoms with Crippen molar-refractivity contribution in [3.05, 3.63) is 0 Å². The molecule has 0 aromatic rings. The molecule has 1 saturated heterocycles. The van der Waals surface area contributed by atoms with Crippen LogP contribution in [0.4, 0.5) is 0 Å². The minimum absolute atomic E-state index is 0.448. The van der Waals surface area contributed by atoms with Crippen molar-refractivity contribution in [2.45, 2.75) is 45.0 Å². The van der Waals surface area contributed by atoms with E-state index >= 15 is 0 Å². The average molecular weight is 252 g/mol. The zero-order valence-electron chi connectivity index (χ0n) is 11.0. The Morgan fingerprint density at radius 3 is 2.41 bits per heavy atom. The second kappa shape index (κ2) is 6.16. The second-order valence-electron chi connectivity index (χ2n) is 5.82. The third-order valence-corrected chi connectivity index (χ3v) is 5.75. The predicted octanol–water partition coefficient (Wildman–Crippen LogP) is 3.79. The molecule has 2 aliphatic rings. The zero-order valence-corrected chi connectivity index (χ0v) is 11.8. The summed E-state index contributed by atoms with van der Waals surface area (Å²) < 4.78 is 6.07. The molecule has 1 aliphatic heterocycles. The van der Waals surface area contributed by atoms with Crippen molar-refractivity contribution in [3.8, 4) is 12.3 Å². The molecule has 0 unspecified atom stereocenters. The summed E-state index contributed by atoms with van der Waals surface area (Å²) in [4.78, 5) is 0. The van der Waals surface area contributed by atoms with Crippen LogP contribution in [0.25, 0.3) is 0 Å². The normalized spacial score (nSPS) is 38.9. The van der Waals surface area contributed by atoms with Crippen LogP contribution in [0.1, 0.15) is 39.5 Å². The molecule has 0 aromatic carbocycles. The molecule has 0 aromatic heterocycles. The van der Waals surface area contributed by atoms with Crippen LogP contribution in [0.5, 0.6) is 0 Å². The van der Waals surface area contributed by atoms with Gasteiger partial charge in [-0.2, -0.15) is 0 Å². The molecular weight excluding hydrogens is 228 g/mol. The standard InChI is InChI=1S/C15H24OS/c1-4-12-5-7-13(8-6-12)15-16-9-14(10-17-15)11(2)3/h1,11-15H,5-10H2,2-3H3/t12?,13?,14-,15+/m0/s1. The lowest BCUT2D eigenvalue weighted by atomic mass is 9.82. The highest BCUT2D eigenvalue weighted by Gasteiger charge is 2.32. The number of rotatable bonds is 2. The van der Waals surface area contributed by atoms with Crippen LogP contribution < -0.4 is 0 Å². The Labute approximate surface area is 110 Å². The second-order valence-corrected chi connectivity index (χ2v) is 6.95. The molecule has 0 amide bonds. The van der Waals surface area contributed by atoms with E-state index in [1.165, 1.54) is 31.4 Å². The first-order valence-corrected chi connectivity index (χ1v) is 7.95. The highest BCUT2D eigenvalue weighted by molar-refractivity contribution is 7.99. The summed E-state index contributed by atoms with van der Waals surface area (Å²) in [5, 5.41) is 0. The molecule has 1 heterocycles. The van der Waals surface area contributed by atoms with Gasteiger partial charge in [0.05, 0.1) is 6.61 Å². The number of ether oxygens (including phenoxy) is 1. The molecule has 2 atom stereocenters. The maximum atomic E-state index is 6.07. The topological polar surface area (TPSA) is 9.23 Å². The van der Waals surface area contributed by atoms with Gasteiger partial charge >= 0.3 is 0 Å². The predicted molar refractivity (Wildman–Crippen MR) is 74.8 cm³/mol. The van der Waals surface area contributed by atoms with Crippen molar-refractivity contribution < 1.29 is 4.74 Å². The van der Waals surface area contributed by atoms with Crippen molar-refractivity contribution in [3.63, 3.8) is 0 Å². The van der Waals surface area contributed by atoms with E-state index in [9.17, 15) is 0 Å². The Balaban J connectivity index is 1.76. The molecule has 2 heteroatoms. The Bertz CT molecular complexity index is 265. The summed E-state index contributed by atoms with van der Waals surface area (Å²) >= 11 is 2.04. The number of terminal acetylenes is 1. The third-order valence-electron chi connectivity index (χ3n) is 4.28. The lowest BCUT2D eigenvalue weighted by Gasteiger charge is -2.37. The minimum atomic E-state index is 0.448. The van der Waals surface area contributed by atoms with Crippen LogP contribution in [-0.2, 0) is 4.74 Å². The summed E-state index contributed by atoms with van der Waals surface area (Å²) in [6, 6.07) is 0. The molecule has 96 valence electrons. The quantitative estimate of drug-likeness (QED) is 0.692. The van der Waals surface area contributed by atoms with Gasteiger partial charge in [-0.3, -0.25) is 0 Å². The zero-order chi connectivity index (χ0) is 12.3. The Morgan fingerprint density at radius 2 is 1.94 bits per heavy atom. The first kappa shape index (κ1) is 13.3. The highest BCUT2D eigenvalue weighted by Crippen LogP contribution is 2.39. The van der Waals surface area contributed by atoms with Crippen LogP contribution in [0.2, 0.25) is 0 Å². The van der Waals surface area contributed by atoms with Crippen molar-refractivity contribution in [2.24, 2.45) is 23.7 Å². The van der Waals surface area contributed by atoms with Crippen LogP contribution in [0.3, 0.4) is 0 Å². The minimum Gasteiger partial charge on any atom is -0.367 e. The number of thioether (sulfide) groups is 1. The summed E-state index contributed by atoms with van der Waals surface area (Å²) in [5.41, 5.74) is 0.448. The molecule has 0 radical (unpaired) electrons. The molecule has 2 rings (SSSR count). The summed E-state index contributed by atoms with van der Waals surface area (Å²) in [5.74, 6) is 6.95. The summed E-state index contributed by atoms with van der Waals surface area (Å²) in [6.07, 6.45) is 10.4. The van der Waals surface area contributed by atoms with E-state index in [0.29, 0.717) is 11.4 Å². The third kappa shape index (κ3) is 3.42. The molecule has 0 N–H and O–H groups in total. The van der Waals surface area contributed by atoms with Crippen LogP contribution in [0.15, 0.2) is 0 Å². The molecular formula is C15H24OS. The Hall–Kier alpha value is -0.130. The van der Waals surface area contributed by atoms with E-state index in [-0.39, 0.29) is 0 Å². The van der Waals surface area contributed by atoms with Crippen molar-refractivity contribution >= 4 is 11.8 Å². The van der Waals surface area contributed by atoms with Gasteiger partial charge in [0.2, 0.25) is 0 Å². The summed E-state index contributed by atoms with van der Waals surface area (Å²) in [7, 11) is 0. The van der Waals surface area contributed by atoms with Gasteiger partial charge in [0.1, 0.15) is 5.44 Å². The molecule has 2 fully saturated rings. The average Bonchev–Trinajstić information content (AvgIpc) is 2.39. The van der Waals surface area contributed by atoms with Crippen molar-refractivity contribution in [2.75, 3.05) is 12.4 Å². The van der Waals surface area contributed by atoms with Crippen LogP contribution >= 0.6 is 11.8 Å². The van der Waals surface area contributed by atoms with Gasteiger partial charge in [-0.25, -0.2) is 0 Å². The summed E-state index contributed by atoms with van der Waals surface area (Å²) in [6.45, 7) is 5.56. The monoisotopic (exact) mass is 252 g/mol. The Kier molecular flexibility index (Phi) is 4.82. The molecule has 0 bridgehead atoms. The first-order valence-electron chi connectivity index (χ1n) is 6.90. The molecule has 1 saturated carbocycles. The van der Waals surface area contributed by atoms with E-state index in [4.69, 9.17) is 11.2 Å². The molecule has 0 spiro atoms. The number of hydrogen-bond acceptors (Lipinski definition) is 2. The molecule has 1 nitrogen and oxygen atoms in total. The van der Waals surface area contributed by atoms with Gasteiger partial charge in [0.25, 0.3) is 0 Å². The van der Waals surface area contributed by atoms with Crippen LogP contribution in [0, 0.1) is 36.0 Å². The van der Waals surface area contributed by atoms with Gasteiger partial charge in [0.15, 0.2) is 0 Å². The van der Waals surface area contributed by atoms with Gasteiger partial charge in [-0.1, -0.05) is 13.8 Å². The lowest BCUT2D eigenvalue weighted by molar-refractivity contribution is 0.0208. The fourth-order valence-corrected chi connectivity index (χ4v) is 4.39. The van der Waals surface area contributed by atoms with E-state index in [1.54, 1.807) is 0 Å². The van der Waals surface area contributed by atoms with Gasteiger partial charge in [-0.05, 0) is 43.4 Å². The van der Waals surface area contributed by atoms with E-state index in [2.05, 4.69) is 19.8 Å². The van der Waals surface area contributed by atoms with Gasteiger partial charge in [-0.15, -0.1) is 24.1 Å². The van der Waals surface area contributed by atoms with Gasteiger partial charge in [0, 0.05) is 11.7 Å². The van der Waals surface area contributed by atoms with Crippen LogP contribution in [-0.4, -0.2) is 17.8 Å². The van der Waals surface area contributed by atoms with E-state index < -0.39 is 0 Å². The van der Waals surface area contributed by atoms with E-state index in [1.807, 2.05) is 11.8 Å². The fourth-order valence-electron chi connectivity index (χ4n) is 2.75. The number of hydrogen-bond donors (Lipinski definition) is 0. The maximum absolute atomic E-state index is 6.07. The smallest absolute Gasteiger partial charge is 0.106 e. The highest BCUT2D eigenvalue weighted by atomic mass is 32.2. The largest absolute Gasteiger partial charge is 0.367 e. The van der Waals surface area contributed by atoms with Crippen molar-refractivity contribution in [1.29, 1.82) is 0 Å².